The number of carbonyl (C=O) groups is 1. The highest BCUT2D eigenvalue weighted by Gasteiger charge is 2.26. The number of nitrogens with one attached hydrogen (secondary N) is 1. The minimum absolute atomic E-state index is 0.0233. The predicted molar refractivity (Wildman–Crippen MR) is 145 cm³/mol. The molecule has 0 aliphatic rings. The molecule has 0 aromatic heterocycles. The van der Waals surface area contributed by atoms with Crippen LogP contribution in [0.4, 0.5) is 5.69 Å². The van der Waals surface area contributed by atoms with Gasteiger partial charge in [0.15, 0.2) is 0 Å². The molecule has 0 saturated carbocycles. The lowest BCUT2D eigenvalue weighted by molar-refractivity contribution is -0.112. The van der Waals surface area contributed by atoms with Crippen LogP contribution < -0.4 is 10.1 Å². The number of aromatic hydroxyl groups is 1. The van der Waals surface area contributed by atoms with E-state index in [0.29, 0.717) is 23.6 Å². The lowest BCUT2D eigenvalue weighted by atomic mass is 9.78. The molecule has 5 nitrogen and oxygen atoms in total. The second-order valence-electron chi connectivity index (χ2n) is 10.9. The van der Waals surface area contributed by atoms with Gasteiger partial charge in [-0.05, 0) is 64.4 Å². The Labute approximate surface area is 214 Å². The molecule has 36 heavy (non-hydrogen) atoms. The summed E-state index contributed by atoms with van der Waals surface area (Å²) in [6.07, 6.45) is 1.57. The van der Waals surface area contributed by atoms with Gasteiger partial charge >= 0.3 is 0 Å². The summed E-state index contributed by atoms with van der Waals surface area (Å²) < 4.78 is 5.79. The maximum Gasteiger partial charge on any atom is 0.266 e. The summed E-state index contributed by atoms with van der Waals surface area (Å²) in [6, 6.07) is 22.6. The Bertz CT molecular complexity index is 1250. The second kappa shape index (κ2) is 10.7. The normalized spacial score (nSPS) is 12.1. The Kier molecular flexibility index (Phi) is 7.90. The van der Waals surface area contributed by atoms with E-state index in [1.54, 1.807) is 30.3 Å². The molecule has 2 N–H and O–H groups in total. The summed E-state index contributed by atoms with van der Waals surface area (Å²) in [5, 5.41) is 23.4. The number of anilines is 1. The van der Waals surface area contributed by atoms with E-state index < -0.39 is 5.91 Å². The molecule has 0 bridgehead atoms. The van der Waals surface area contributed by atoms with Crippen LogP contribution in [-0.2, 0) is 22.2 Å². The van der Waals surface area contributed by atoms with Crippen molar-refractivity contribution in [2.24, 2.45) is 0 Å². The van der Waals surface area contributed by atoms with Crippen molar-refractivity contribution in [3.63, 3.8) is 0 Å². The number of amides is 1. The van der Waals surface area contributed by atoms with Crippen molar-refractivity contribution in [2.75, 3.05) is 5.32 Å². The summed E-state index contributed by atoms with van der Waals surface area (Å²) >= 11 is 0. The van der Waals surface area contributed by atoms with Crippen molar-refractivity contribution in [1.29, 1.82) is 5.26 Å². The summed E-state index contributed by atoms with van der Waals surface area (Å²) in [5.41, 5.74) is 3.21. The minimum atomic E-state index is -0.502. The molecule has 0 radical (unpaired) electrons. The average Bonchev–Trinajstić information content (AvgIpc) is 2.82. The Morgan fingerprint density at radius 3 is 2.00 bits per heavy atom. The molecule has 3 rings (SSSR count). The van der Waals surface area contributed by atoms with E-state index in [1.165, 1.54) is 0 Å². The molecular weight excluding hydrogens is 448 g/mol. The largest absolute Gasteiger partial charge is 0.507 e. The maximum atomic E-state index is 12.9. The van der Waals surface area contributed by atoms with Gasteiger partial charge in [0.25, 0.3) is 5.91 Å². The third-order valence-corrected chi connectivity index (χ3v) is 5.78. The third kappa shape index (κ3) is 6.76. The molecule has 3 aromatic rings. The number of benzene rings is 3. The van der Waals surface area contributed by atoms with Crippen LogP contribution in [0.5, 0.6) is 11.5 Å². The molecule has 0 saturated heterocycles. The Balaban J connectivity index is 1.80. The second-order valence-corrected chi connectivity index (χ2v) is 10.9. The molecule has 0 aliphatic heterocycles. The van der Waals surface area contributed by atoms with Gasteiger partial charge in [0.05, 0.1) is 0 Å². The first-order valence-corrected chi connectivity index (χ1v) is 12.0. The summed E-state index contributed by atoms with van der Waals surface area (Å²) in [5.74, 6) is 0.434. The monoisotopic (exact) mass is 482 g/mol. The molecule has 0 atom stereocenters. The fourth-order valence-corrected chi connectivity index (χ4v) is 3.77. The van der Waals surface area contributed by atoms with Crippen molar-refractivity contribution in [1.82, 2.24) is 0 Å². The highest BCUT2D eigenvalue weighted by Crippen LogP contribution is 2.40. The predicted octanol–water partition coefficient (Wildman–Crippen LogP) is 7.11. The molecule has 0 heterocycles. The van der Waals surface area contributed by atoms with E-state index in [0.717, 1.165) is 16.7 Å². The van der Waals surface area contributed by atoms with Gasteiger partial charge in [0.2, 0.25) is 0 Å². The van der Waals surface area contributed by atoms with Gasteiger partial charge < -0.3 is 15.2 Å². The first-order valence-electron chi connectivity index (χ1n) is 12.0. The first-order chi connectivity index (χ1) is 16.9. The lowest BCUT2D eigenvalue weighted by Crippen LogP contribution is -2.18. The van der Waals surface area contributed by atoms with Crippen LogP contribution in [0.2, 0.25) is 0 Å². The van der Waals surface area contributed by atoms with E-state index in [2.05, 4.69) is 5.32 Å². The maximum absolute atomic E-state index is 12.9. The van der Waals surface area contributed by atoms with Gasteiger partial charge in [-0.15, -0.1) is 0 Å². The molecule has 5 heteroatoms. The molecule has 186 valence electrons. The van der Waals surface area contributed by atoms with Crippen LogP contribution in [-0.4, -0.2) is 11.0 Å². The zero-order chi connectivity index (χ0) is 26.5. The highest BCUT2D eigenvalue weighted by atomic mass is 16.5. The van der Waals surface area contributed by atoms with Gasteiger partial charge in [-0.3, -0.25) is 4.79 Å². The summed E-state index contributed by atoms with van der Waals surface area (Å²) in [4.78, 5) is 12.9. The zero-order valence-electron chi connectivity index (χ0n) is 21.8. The fourth-order valence-electron chi connectivity index (χ4n) is 3.77. The first kappa shape index (κ1) is 26.6. The number of nitrogens with zero attached hydrogens (tertiary/aromatic N) is 1. The quantitative estimate of drug-likeness (QED) is 0.290. The number of carbonyl (C=O) groups excluding carboxylic acids is 1. The number of rotatable bonds is 6. The summed E-state index contributed by atoms with van der Waals surface area (Å²) in [6.45, 7) is 12.6. The third-order valence-electron chi connectivity index (χ3n) is 5.78. The van der Waals surface area contributed by atoms with Crippen LogP contribution in [0.3, 0.4) is 0 Å². The van der Waals surface area contributed by atoms with Crippen LogP contribution in [0.15, 0.2) is 72.3 Å². The zero-order valence-corrected chi connectivity index (χ0v) is 21.8. The fraction of sp³-hybridized carbons (Fsp3) is 0.290. The van der Waals surface area contributed by atoms with E-state index in [1.807, 2.05) is 90.1 Å². The van der Waals surface area contributed by atoms with Gasteiger partial charge in [-0.2, -0.15) is 5.26 Å². The van der Waals surface area contributed by atoms with Crippen LogP contribution in [0, 0.1) is 11.3 Å². The van der Waals surface area contributed by atoms with E-state index >= 15 is 0 Å². The Hall–Kier alpha value is -4.04. The molecular formula is C31H34N2O3. The number of nitriles is 1. The number of hydrogen-bond donors (Lipinski definition) is 2. The molecule has 1 amide bonds. The Morgan fingerprint density at radius 1 is 0.944 bits per heavy atom. The van der Waals surface area contributed by atoms with Crippen molar-refractivity contribution >= 4 is 17.7 Å². The molecule has 0 fully saturated rings. The molecule has 3 aromatic carbocycles. The van der Waals surface area contributed by atoms with Crippen molar-refractivity contribution < 1.29 is 14.6 Å². The SMILES string of the molecule is CC(C)(C)c1cc(/C=C(\C#N)C(=O)Nc2ccc(OCc3ccccc3)cc2)cc(C(C)(C)C)c1O. The molecule has 0 aliphatic carbocycles. The summed E-state index contributed by atoms with van der Waals surface area (Å²) in [7, 11) is 0. The number of ether oxygens (including phenoxy) is 1. The van der Waals surface area contributed by atoms with Gasteiger partial charge in [0, 0.05) is 16.8 Å². The lowest BCUT2D eigenvalue weighted by Gasteiger charge is -2.28. The van der Waals surface area contributed by atoms with Gasteiger partial charge in [-0.1, -0.05) is 71.9 Å². The topological polar surface area (TPSA) is 82.4 Å². The molecule has 0 unspecified atom stereocenters. The van der Waals surface area contributed by atoms with E-state index in [9.17, 15) is 15.2 Å². The average molecular weight is 483 g/mol. The Morgan fingerprint density at radius 2 is 1.50 bits per heavy atom. The molecule has 0 spiro atoms. The van der Waals surface area contributed by atoms with Crippen molar-refractivity contribution in [3.8, 4) is 17.6 Å². The van der Waals surface area contributed by atoms with Crippen molar-refractivity contribution in [3.05, 3.63) is 94.6 Å². The number of phenolic OH excluding ortho intramolecular Hbond substituents is 1. The standard InChI is InChI=1S/C31H34N2O3/c1-30(2,3)26-17-22(18-27(28(26)34)31(4,5)6)16-23(19-32)29(35)33-24-12-14-25(15-13-24)36-20-21-10-8-7-9-11-21/h7-18,34H,20H2,1-6H3,(H,33,35)/b23-16+. The number of hydrogen-bond acceptors (Lipinski definition) is 4. The van der Waals surface area contributed by atoms with Gasteiger partial charge in [-0.25, -0.2) is 0 Å². The van der Waals surface area contributed by atoms with Crippen LogP contribution in [0.25, 0.3) is 6.08 Å². The van der Waals surface area contributed by atoms with Crippen molar-refractivity contribution in [2.45, 2.75) is 59.0 Å². The van der Waals surface area contributed by atoms with Crippen LogP contribution >= 0.6 is 0 Å². The van der Waals surface area contributed by atoms with Gasteiger partial charge in [0.1, 0.15) is 29.7 Å². The minimum Gasteiger partial charge on any atom is -0.507 e. The smallest absolute Gasteiger partial charge is 0.266 e. The van der Waals surface area contributed by atoms with Crippen LogP contribution in [0.1, 0.15) is 63.8 Å². The van der Waals surface area contributed by atoms with E-state index in [4.69, 9.17) is 4.74 Å². The highest BCUT2D eigenvalue weighted by molar-refractivity contribution is 6.09. The number of phenols is 1. The van der Waals surface area contributed by atoms with E-state index in [-0.39, 0.29) is 22.2 Å².